The SMILES string of the molecule is Cc1cccnc1CC(C)N(C)C(=O)c1cc(-c2ccccc2)on1. The molecule has 2 aromatic heterocycles. The van der Waals surface area contributed by atoms with Crippen molar-refractivity contribution in [2.75, 3.05) is 7.05 Å². The minimum Gasteiger partial charge on any atom is -0.355 e. The zero-order valence-electron chi connectivity index (χ0n) is 14.6. The van der Waals surface area contributed by atoms with E-state index in [1.165, 1.54) is 0 Å². The van der Waals surface area contributed by atoms with Gasteiger partial charge in [0, 0.05) is 43.0 Å². The Balaban J connectivity index is 1.72. The van der Waals surface area contributed by atoms with Crippen LogP contribution in [-0.2, 0) is 6.42 Å². The van der Waals surface area contributed by atoms with E-state index in [4.69, 9.17) is 4.52 Å². The highest BCUT2D eigenvalue weighted by Gasteiger charge is 2.22. The summed E-state index contributed by atoms with van der Waals surface area (Å²) in [6, 6.07) is 15.2. The van der Waals surface area contributed by atoms with Crippen LogP contribution in [0.5, 0.6) is 0 Å². The zero-order chi connectivity index (χ0) is 17.8. The van der Waals surface area contributed by atoms with Gasteiger partial charge in [-0.15, -0.1) is 0 Å². The standard InChI is InChI=1S/C20H21N3O2/c1-14-8-7-11-21-17(14)12-15(2)23(3)20(24)18-13-19(25-22-18)16-9-5-4-6-10-16/h4-11,13,15H,12H2,1-3H3. The van der Waals surface area contributed by atoms with E-state index in [0.717, 1.165) is 16.8 Å². The Hall–Kier alpha value is -2.95. The van der Waals surface area contributed by atoms with E-state index in [2.05, 4.69) is 10.1 Å². The van der Waals surface area contributed by atoms with Crippen LogP contribution >= 0.6 is 0 Å². The average molecular weight is 335 g/mol. The van der Waals surface area contributed by atoms with Gasteiger partial charge in [0.05, 0.1) is 0 Å². The van der Waals surface area contributed by atoms with Crippen LogP contribution in [0, 0.1) is 6.92 Å². The molecule has 1 amide bonds. The number of amides is 1. The smallest absolute Gasteiger partial charge is 0.276 e. The van der Waals surface area contributed by atoms with E-state index < -0.39 is 0 Å². The molecular weight excluding hydrogens is 314 g/mol. The summed E-state index contributed by atoms with van der Waals surface area (Å²) in [7, 11) is 1.78. The Morgan fingerprint density at radius 1 is 1.20 bits per heavy atom. The quantitative estimate of drug-likeness (QED) is 0.712. The molecule has 0 aliphatic rings. The van der Waals surface area contributed by atoms with Crippen LogP contribution in [0.3, 0.4) is 0 Å². The first-order valence-corrected chi connectivity index (χ1v) is 8.26. The number of pyridine rings is 1. The maximum Gasteiger partial charge on any atom is 0.276 e. The number of carbonyl (C=O) groups excluding carboxylic acids is 1. The molecule has 3 aromatic rings. The highest BCUT2D eigenvalue weighted by molar-refractivity contribution is 5.93. The predicted molar refractivity (Wildman–Crippen MR) is 96.2 cm³/mol. The van der Waals surface area contributed by atoms with Crippen molar-refractivity contribution in [2.24, 2.45) is 0 Å². The van der Waals surface area contributed by atoms with Gasteiger partial charge in [-0.1, -0.05) is 41.6 Å². The van der Waals surface area contributed by atoms with E-state index in [1.807, 2.05) is 56.3 Å². The first kappa shape index (κ1) is 16.9. The maximum absolute atomic E-state index is 12.7. The Bertz CT molecular complexity index is 858. The maximum atomic E-state index is 12.7. The number of nitrogens with zero attached hydrogens (tertiary/aromatic N) is 3. The lowest BCUT2D eigenvalue weighted by Crippen LogP contribution is -2.37. The van der Waals surface area contributed by atoms with Crippen molar-refractivity contribution in [3.8, 4) is 11.3 Å². The molecule has 1 unspecified atom stereocenters. The Labute approximate surface area is 147 Å². The fourth-order valence-electron chi connectivity index (χ4n) is 2.64. The molecule has 0 bridgehead atoms. The first-order valence-electron chi connectivity index (χ1n) is 8.26. The lowest BCUT2D eigenvalue weighted by molar-refractivity contribution is 0.0732. The van der Waals surface area contributed by atoms with Crippen LogP contribution in [0.1, 0.15) is 28.7 Å². The molecule has 128 valence electrons. The van der Waals surface area contributed by atoms with Gasteiger partial charge >= 0.3 is 0 Å². The van der Waals surface area contributed by atoms with Crippen molar-refractivity contribution in [3.05, 3.63) is 71.7 Å². The van der Waals surface area contributed by atoms with Gasteiger partial charge in [-0.25, -0.2) is 0 Å². The second kappa shape index (κ2) is 7.30. The lowest BCUT2D eigenvalue weighted by atomic mass is 10.1. The minimum atomic E-state index is -0.160. The molecule has 0 N–H and O–H groups in total. The first-order chi connectivity index (χ1) is 12.1. The lowest BCUT2D eigenvalue weighted by Gasteiger charge is -2.24. The average Bonchev–Trinajstić information content (AvgIpc) is 3.13. The molecule has 0 aliphatic carbocycles. The summed E-state index contributed by atoms with van der Waals surface area (Å²) >= 11 is 0. The van der Waals surface area contributed by atoms with Crippen LogP contribution in [0.25, 0.3) is 11.3 Å². The number of hydrogen-bond donors (Lipinski definition) is 0. The number of aryl methyl sites for hydroxylation is 1. The molecule has 1 aromatic carbocycles. The molecule has 0 saturated heterocycles. The summed E-state index contributed by atoms with van der Waals surface area (Å²) in [4.78, 5) is 18.8. The molecule has 5 nitrogen and oxygen atoms in total. The summed E-state index contributed by atoms with van der Waals surface area (Å²) in [5.74, 6) is 0.428. The topological polar surface area (TPSA) is 59.2 Å². The number of aromatic nitrogens is 2. The van der Waals surface area contributed by atoms with Gasteiger partial charge < -0.3 is 9.42 Å². The predicted octanol–water partition coefficient (Wildman–Crippen LogP) is 3.75. The van der Waals surface area contributed by atoms with Gasteiger partial charge in [0.1, 0.15) is 0 Å². The van der Waals surface area contributed by atoms with Crippen molar-refractivity contribution in [3.63, 3.8) is 0 Å². The van der Waals surface area contributed by atoms with Gasteiger partial charge in [-0.3, -0.25) is 9.78 Å². The van der Waals surface area contributed by atoms with Crippen molar-refractivity contribution in [1.29, 1.82) is 0 Å². The monoisotopic (exact) mass is 335 g/mol. The van der Waals surface area contributed by atoms with Crippen LogP contribution in [0.4, 0.5) is 0 Å². The third kappa shape index (κ3) is 3.76. The van der Waals surface area contributed by atoms with Gasteiger partial charge in [0.25, 0.3) is 5.91 Å². The third-order valence-electron chi connectivity index (χ3n) is 4.38. The molecule has 1 atom stereocenters. The van der Waals surface area contributed by atoms with Gasteiger partial charge in [-0.2, -0.15) is 0 Å². The summed E-state index contributed by atoms with van der Waals surface area (Å²) in [6.45, 7) is 4.03. The van der Waals surface area contributed by atoms with Crippen LogP contribution in [0.2, 0.25) is 0 Å². The molecule has 5 heteroatoms. The normalized spacial score (nSPS) is 12.0. The fourth-order valence-corrected chi connectivity index (χ4v) is 2.64. The number of rotatable bonds is 5. The fraction of sp³-hybridized carbons (Fsp3) is 0.250. The molecule has 0 saturated carbocycles. The summed E-state index contributed by atoms with van der Waals surface area (Å²) in [5.41, 5.74) is 3.34. The van der Waals surface area contributed by atoms with Gasteiger partial charge in [0.15, 0.2) is 11.5 Å². The molecule has 25 heavy (non-hydrogen) atoms. The second-order valence-electron chi connectivity index (χ2n) is 6.18. The zero-order valence-corrected chi connectivity index (χ0v) is 14.6. The van der Waals surface area contributed by atoms with Gasteiger partial charge in [-0.05, 0) is 25.5 Å². The molecule has 0 radical (unpaired) electrons. The summed E-state index contributed by atoms with van der Waals surface area (Å²) in [6.07, 6.45) is 2.47. The van der Waals surface area contributed by atoms with Gasteiger partial charge in [0.2, 0.25) is 0 Å². The molecule has 0 aliphatic heterocycles. The van der Waals surface area contributed by atoms with Crippen LogP contribution in [0.15, 0.2) is 59.3 Å². The molecule has 0 fully saturated rings. The summed E-state index contributed by atoms with van der Waals surface area (Å²) in [5, 5.41) is 3.94. The van der Waals surface area contributed by atoms with Crippen LogP contribution in [-0.4, -0.2) is 34.0 Å². The minimum absolute atomic E-state index is 0.00187. The Morgan fingerprint density at radius 3 is 2.68 bits per heavy atom. The third-order valence-corrected chi connectivity index (χ3v) is 4.38. The largest absolute Gasteiger partial charge is 0.355 e. The number of benzene rings is 1. The van der Waals surface area contributed by atoms with Crippen LogP contribution < -0.4 is 0 Å². The van der Waals surface area contributed by atoms with E-state index in [1.54, 1.807) is 24.2 Å². The van der Waals surface area contributed by atoms with Crippen molar-refractivity contribution < 1.29 is 9.32 Å². The number of carbonyl (C=O) groups is 1. The van der Waals surface area contributed by atoms with Crippen molar-refractivity contribution in [1.82, 2.24) is 15.0 Å². The van der Waals surface area contributed by atoms with E-state index >= 15 is 0 Å². The van der Waals surface area contributed by atoms with E-state index in [9.17, 15) is 4.79 Å². The number of likely N-dealkylation sites (N-methyl/N-ethyl adjacent to an activating group) is 1. The highest BCUT2D eigenvalue weighted by Crippen LogP contribution is 2.21. The highest BCUT2D eigenvalue weighted by atomic mass is 16.5. The Morgan fingerprint density at radius 2 is 1.96 bits per heavy atom. The Kier molecular flexibility index (Phi) is 4.93. The molecule has 2 heterocycles. The van der Waals surface area contributed by atoms with E-state index in [0.29, 0.717) is 17.9 Å². The molecular formula is C20H21N3O2. The van der Waals surface area contributed by atoms with Crippen molar-refractivity contribution in [2.45, 2.75) is 26.3 Å². The number of hydrogen-bond acceptors (Lipinski definition) is 4. The molecule has 0 spiro atoms. The molecule has 3 rings (SSSR count). The van der Waals surface area contributed by atoms with E-state index in [-0.39, 0.29) is 11.9 Å². The second-order valence-corrected chi connectivity index (χ2v) is 6.18. The summed E-state index contributed by atoms with van der Waals surface area (Å²) < 4.78 is 5.33. The van der Waals surface area contributed by atoms with Crippen molar-refractivity contribution >= 4 is 5.91 Å².